The highest BCUT2D eigenvalue weighted by Crippen LogP contribution is 2.39. The van der Waals surface area contributed by atoms with Gasteiger partial charge in [0, 0.05) is 0 Å². The summed E-state index contributed by atoms with van der Waals surface area (Å²) in [7, 11) is 0. The van der Waals surface area contributed by atoms with Crippen molar-refractivity contribution in [3.05, 3.63) is 0 Å². The second-order valence-corrected chi connectivity index (χ2v) is 6.29. The van der Waals surface area contributed by atoms with Crippen LogP contribution in [0.4, 0.5) is 0 Å². The average Bonchev–Trinajstić information content (AvgIpc) is 2.31. The Labute approximate surface area is 100 Å². The first kappa shape index (κ1) is 12.4. The number of hydrogen-bond acceptors (Lipinski definition) is 2. The van der Waals surface area contributed by atoms with Crippen molar-refractivity contribution in [2.45, 2.75) is 70.4 Å². The van der Waals surface area contributed by atoms with E-state index >= 15 is 0 Å². The fourth-order valence-electron chi connectivity index (χ4n) is 3.70. The van der Waals surface area contributed by atoms with Crippen LogP contribution in [0, 0.1) is 17.8 Å². The van der Waals surface area contributed by atoms with Crippen LogP contribution in [0.15, 0.2) is 0 Å². The molecule has 0 atom stereocenters. The maximum atomic E-state index is 6.49. The van der Waals surface area contributed by atoms with Gasteiger partial charge in [-0.2, -0.15) is 0 Å². The third kappa shape index (κ3) is 2.60. The maximum absolute atomic E-state index is 6.49. The minimum absolute atomic E-state index is 0.374. The molecule has 4 N–H and O–H groups in total. The fourth-order valence-corrected chi connectivity index (χ4v) is 3.70. The molecule has 0 saturated heterocycles. The van der Waals surface area contributed by atoms with Crippen LogP contribution in [0.1, 0.15) is 64.7 Å². The summed E-state index contributed by atoms with van der Waals surface area (Å²) >= 11 is 0. The molecule has 0 spiro atoms. The van der Waals surface area contributed by atoms with Crippen molar-refractivity contribution in [2.75, 3.05) is 0 Å². The summed E-state index contributed by atoms with van der Waals surface area (Å²) in [5.41, 5.74) is 12.6. The zero-order valence-electron chi connectivity index (χ0n) is 10.8. The minimum atomic E-state index is -0.374. The van der Waals surface area contributed by atoms with Crippen molar-refractivity contribution in [1.29, 1.82) is 0 Å². The van der Waals surface area contributed by atoms with Gasteiger partial charge in [0.1, 0.15) is 0 Å². The van der Waals surface area contributed by atoms with Crippen molar-refractivity contribution in [3.8, 4) is 0 Å². The lowest BCUT2D eigenvalue weighted by atomic mass is 9.68. The highest BCUT2D eigenvalue weighted by Gasteiger charge is 2.39. The Bertz CT molecular complexity index is 211. The third-order valence-electron chi connectivity index (χ3n) is 5.04. The molecule has 0 amide bonds. The molecule has 2 aliphatic rings. The molecule has 0 aromatic rings. The summed E-state index contributed by atoms with van der Waals surface area (Å²) < 4.78 is 0. The first-order chi connectivity index (χ1) is 7.60. The molecule has 0 aromatic carbocycles. The molecule has 0 aromatic heterocycles. The molecule has 2 aliphatic carbocycles. The van der Waals surface area contributed by atoms with E-state index in [2.05, 4.69) is 6.92 Å². The van der Waals surface area contributed by atoms with Crippen molar-refractivity contribution in [3.63, 3.8) is 0 Å². The van der Waals surface area contributed by atoms with Gasteiger partial charge in [0.25, 0.3) is 0 Å². The quantitative estimate of drug-likeness (QED) is 0.708. The highest BCUT2D eigenvalue weighted by molar-refractivity contribution is 4.94. The van der Waals surface area contributed by atoms with Gasteiger partial charge in [-0.15, -0.1) is 0 Å². The predicted octanol–water partition coefficient (Wildman–Crippen LogP) is 3.01. The average molecular weight is 224 g/mol. The largest absolute Gasteiger partial charge is 0.313 e. The summed E-state index contributed by atoms with van der Waals surface area (Å²) in [6.45, 7) is 2.35. The van der Waals surface area contributed by atoms with Crippen LogP contribution < -0.4 is 11.5 Å². The number of hydrogen-bond donors (Lipinski definition) is 2. The Balaban J connectivity index is 1.94. The molecule has 94 valence electrons. The molecular formula is C14H28N2. The highest BCUT2D eigenvalue weighted by atomic mass is 15.0. The predicted molar refractivity (Wildman–Crippen MR) is 68.8 cm³/mol. The van der Waals surface area contributed by atoms with E-state index < -0.39 is 0 Å². The lowest BCUT2D eigenvalue weighted by Gasteiger charge is -2.44. The first-order valence-corrected chi connectivity index (χ1v) is 7.18. The van der Waals surface area contributed by atoms with Crippen LogP contribution >= 0.6 is 0 Å². The van der Waals surface area contributed by atoms with Crippen molar-refractivity contribution < 1.29 is 0 Å². The lowest BCUT2D eigenvalue weighted by molar-refractivity contribution is 0.0995. The summed E-state index contributed by atoms with van der Waals surface area (Å²) in [5.74, 6) is 2.05. The van der Waals surface area contributed by atoms with Crippen LogP contribution in [-0.2, 0) is 0 Å². The van der Waals surface area contributed by atoms with Gasteiger partial charge < -0.3 is 11.5 Å². The standard InChI is InChI=1S/C14H28N2/c1-11-7-9-13(10-8-11)14(15,16)12-5-3-2-4-6-12/h11-13H,2-10,15-16H2,1H3. The van der Waals surface area contributed by atoms with Crippen LogP contribution in [-0.4, -0.2) is 5.66 Å². The van der Waals surface area contributed by atoms with Crippen LogP contribution in [0.25, 0.3) is 0 Å². The lowest BCUT2D eigenvalue weighted by Crippen LogP contribution is -2.61. The molecule has 2 nitrogen and oxygen atoms in total. The molecule has 2 fully saturated rings. The van der Waals surface area contributed by atoms with Gasteiger partial charge in [0.05, 0.1) is 5.66 Å². The molecule has 0 aliphatic heterocycles. The molecule has 0 radical (unpaired) electrons. The SMILES string of the molecule is CC1CCC(C(N)(N)C2CCCCC2)CC1. The normalized spacial score (nSPS) is 33.9. The van der Waals surface area contributed by atoms with Gasteiger partial charge in [-0.1, -0.05) is 39.0 Å². The second kappa shape index (κ2) is 5.05. The smallest absolute Gasteiger partial charge is 0.0694 e. The van der Waals surface area contributed by atoms with Gasteiger partial charge >= 0.3 is 0 Å². The van der Waals surface area contributed by atoms with Gasteiger partial charge in [0.15, 0.2) is 0 Å². The van der Waals surface area contributed by atoms with Crippen LogP contribution in [0.3, 0.4) is 0 Å². The zero-order valence-corrected chi connectivity index (χ0v) is 10.8. The molecule has 2 rings (SSSR count). The number of nitrogens with two attached hydrogens (primary N) is 2. The van der Waals surface area contributed by atoms with Gasteiger partial charge in [0.2, 0.25) is 0 Å². The molecular weight excluding hydrogens is 196 g/mol. The van der Waals surface area contributed by atoms with Crippen molar-refractivity contribution in [2.24, 2.45) is 29.2 Å². The molecule has 0 unspecified atom stereocenters. The maximum Gasteiger partial charge on any atom is 0.0694 e. The Morgan fingerprint density at radius 3 is 1.81 bits per heavy atom. The molecule has 0 bridgehead atoms. The molecule has 16 heavy (non-hydrogen) atoms. The third-order valence-corrected chi connectivity index (χ3v) is 5.04. The van der Waals surface area contributed by atoms with E-state index in [9.17, 15) is 0 Å². The van der Waals surface area contributed by atoms with E-state index in [-0.39, 0.29) is 5.66 Å². The van der Waals surface area contributed by atoms with E-state index in [1.807, 2.05) is 0 Å². The Morgan fingerprint density at radius 2 is 1.25 bits per heavy atom. The number of rotatable bonds is 2. The van der Waals surface area contributed by atoms with E-state index in [4.69, 9.17) is 11.5 Å². The monoisotopic (exact) mass is 224 g/mol. The second-order valence-electron chi connectivity index (χ2n) is 6.29. The van der Waals surface area contributed by atoms with Crippen LogP contribution in [0.5, 0.6) is 0 Å². The van der Waals surface area contributed by atoms with E-state index in [1.165, 1.54) is 57.8 Å². The Morgan fingerprint density at radius 1 is 0.750 bits per heavy atom. The summed E-state index contributed by atoms with van der Waals surface area (Å²) in [6.07, 6.45) is 11.7. The fraction of sp³-hybridized carbons (Fsp3) is 1.00. The summed E-state index contributed by atoms with van der Waals surface area (Å²) in [4.78, 5) is 0. The van der Waals surface area contributed by atoms with Gasteiger partial charge in [-0.05, 0) is 43.4 Å². The summed E-state index contributed by atoms with van der Waals surface area (Å²) in [5, 5.41) is 0. The zero-order chi connectivity index (χ0) is 11.6. The van der Waals surface area contributed by atoms with E-state index in [1.54, 1.807) is 0 Å². The minimum Gasteiger partial charge on any atom is -0.313 e. The van der Waals surface area contributed by atoms with Gasteiger partial charge in [-0.25, -0.2) is 0 Å². The van der Waals surface area contributed by atoms with Crippen molar-refractivity contribution in [1.82, 2.24) is 0 Å². The van der Waals surface area contributed by atoms with Crippen LogP contribution in [0.2, 0.25) is 0 Å². The Kier molecular flexibility index (Phi) is 3.91. The van der Waals surface area contributed by atoms with E-state index in [0.717, 1.165) is 5.92 Å². The first-order valence-electron chi connectivity index (χ1n) is 7.18. The van der Waals surface area contributed by atoms with Gasteiger partial charge in [-0.3, -0.25) is 0 Å². The molecule has 2 saturated carbocycles. The Hall–Kier alpha value is -0.0800. The van der Waals surface area contributed by atoms with E-state index in [0.29, 0.717) is 11.8 Å². The molecule has 0 heterocycles. The molecule has 2 heteroatoms. The van der Waals surface area contributed by atoms with Crippen molar-refractivity contribution >= 4 is 0 Å². The summed E-state index contributed by atoms with van der Waals surface area (Å²) in [6, 6.07) is 0. The topological polar surface area (TPSA) is 52.0 Å².